The van der Waals surface area contributed by atoms with E-state index in [2.05, 4.69) is 10.4 Å². The van der Waals surface area contributed by atoms with E-state index in [0.717, 1.165) is 17.0 Å². The molecule has 1 heterocycles. The van der Waals surface area contributed by atoms with Crippen LogP contribution in [0.2, 0.25) is 0 Å². The summed E-state index contributed by atoms with van der Waals surface area (Å²) in [7, 11) is 1.74. The van der Waals surface area contributed by atoms with Gasteiger partial charge in [-0.05, 0) is 36.8 Å². The molecule has 0 aliphatic carbocycles. The molecular weight excluding hydrogens is 328 g/mol. The Bertz CT molecular complexity index is 862. The van der Waals surface area contributed by atoms with Gasteiger partial charge in [-0.25, -0.2) is 9.48 Å². The fraction of sp³-hybridized carbons (Fsp3) is 0.200. The number of amides is 2. The molecule has 0 spiro atoms. The number of aromatic nitrogens is 2. The molecule has 3 aromatic rings. The standard InChI is InChI=1S/C20H22N4O2/c1-16-8-3-6-11-19(16)26-15-14-23(2)20(25)22-17-9-4-5-10-18(17)24-13-7-12-21-24/h3-13H,14-15H2,1-2H3,(H,22,25). The van der Waals surface area contributed by atoms with E-state index in [0.29, 0.717) is 18.8 Å². The predicted octanol–water partition coefficient (Wildman–Crippen LogP) is 3.72. The van der Waals surface area contributed by atoms with E-state index in [1.54, 1.807) is 22.8 Å². The molecule has 26 heavy (non-hydrogen) atoms. The average molecular weight is 350 g/mol. The van der Waals surface area contributed by atoms with Crippen molar-refractivity contribution in [2.75, 3.05) is 25.5 Å². The van der Waals surface area contributed by atoms with E-state index in [1.807, 2.05) is 67.7 Å². The van der Waals surface area contributed by atoms with Crippen LogP contribution in [-0.4, -0.2) is 40.9 Å². The lowest BCUT2D eigenvalue weighted by Crippen LogP contribution is -2.34. The molecule has 6 heteroatoms. The third-order valence-corrected chi connectivity index (χ3v) is 4.02. The van der Waals surface area contributed by atoms with Gasteiger partial charge in [-0.1, -0.05) is 30.3 Å². The number of ether oxygens (including phenoxy) is 1. The van der Waals surface area contributed by atoms with E-state index < -0.39 is 0 Å². The Balaban J connectivity index is 1.57. The first-order valence-corrected chi connectivity index (χ1v) is 8.45. The molecule has 2 amide bonds. The number of hydrogen-bond donors (Lipinski definition) is 1. The topological polar surface area (TPSA) is 59.4 Å². The lowest BCUT2D eigenvalue weighted by Gasteiger charge is -2.19. The second-order valence-corrected chi connectivity index (χ2v) is 5.93. The molecule has 0 atom stereocenters. The number of likely N-dealkylation sites (N-methyl/N-ethyl adjacent to an activating group) is 1. The Morgan fingerprint density at radius 3 is 2.69 bits per heavy atom. The van der Waals surface area contributed by atoms with Gasteiger partial charge in [0.1, 0.15) is 12.4 Å². The highest BCUT2D eigenvalue weighted by Crippen LogP contribution is 2.19. The smallest absolute Gasteiger partial charge is 0.321 e. The van der Waals surface area contributed by atoms with Crippen molar-refractivity contribution in [3.63, 3.8) is 0 Å². The normalized spacial score (nSPS) is 10.4. The van der Waals surface area contributed by atoms with Crippen LogP contribution in [0.1, 0.15) is 5.56 Å². The van der Waals surface area contributed by atoms with E-state index in [-0.39, 0.29) is 6.03 Å². The maximum absolute atomic E-state index is 12.5. The molecule has 2 aromatic carbocycles. The summed E-state index contributed by atoms with van der Waals surface area (Å²) in [5.74, 6) is 0.838. The van der Waals surface area contributed by atoms with Crippen LogP contribution in [0, 0.1) is 6.92 Å². The summed E-state index contributed by atoms with van der Waals surface area (Å²) < 4.78 is 7.47. The summed E-state index contributed by atoms with van der Waals surface area (Å²) in [6, 6.07) is 17.0. The van der Waals surface area contributed by atoms with E-state index in [9.17, 15) is 4.79 Å². The molecule has 0 unspecified atom stereocenters. The van der Waals surface area contributed by atoms with E-state index in [4.69, 9.17) is 4.74 Å². The van der Waals surface area contributed by atoms with Crippen molar-refractivity contribution in [2.45, 2.75) is 6.92 Å². The molecule has 0 fully saturated rings. The summed E-state index contributed by atoms with van der Waals surface area (Å²) in [6.45, 7) is 2.90. The zero-order chi connectivity index (χ0) is 18.4. The van der Waals surface area contributed by atoms with Crippen LogP contribution in [-0.2, 0) is 0 Å². The second kappa shape index (κ2) is 8.20. The van der Waals surface area contributed by atoms with Crippen molar-refractivity contribution < 1.29 is 9.53 Å². The molecule has 0 aliphatic rings. The molecule has 0 saturated heterocycles. The van der Waals surface area contributed by atoms with Crippen LogP contribution in [0.25, 0.3) is 5.69 Å². The van der Waals surface area contributed by atoms with Gasteiger partial charge in [0.2, 0.25) is 0 Å². The molecule has 0 bridgehead atoms. The van der Waals surface area contributed by atoms with Gasteiger partial charge in [0.05, 0.1) is 17.9 Å². The van der Waals surface area contributed by atoms with Crippen LogP contribution >= 0.6 is 0 Å². The van der Waals surface area contributed by atoms with Gasteiger partial charge in [0.15, 0.2) is 0 Å². The summed E-state index contributed by atoms with van der Waals surface area (Å²) in [4.78, 5) is 14.1. The van der Waals surface area contributed by atoms with Crippen LogP contribution in [0.3, 0.4) is 0 Å². The van der Waals surface area contributed by atoms with Crippen molar-refractivity contribution in [1.82, 2.24) is 14.7 Å². The van der Waals surface area contributed by atoms with Crippen LogP contribution in [0.5, 0.6) is 5.75 Å². The van der Waals surface area contributed by atoms with Gasteiger partial charge in [-0.3, -0.25) is 0 Å². The van der Waals surface area contributed by atoms with Crippen molar-refractivity contribution in [3.8, 4) is 11.4 Å². The molecule has 0 radical (unpaired) electrons. The lowest BCUT2D eigenvalue weighted by atomic mass is 10.2. The number of rotatable bonds is 6. The molecule has 1 N–H and O–H groups in total. The first-order chi connectivity index (χ1) is 12.6. The number of aryl methyl sites for hydroxylation is 1. The van der Waals surface area contributed by atoms with Crippen LogP contribution in [0.15, 0.2) is 67.0 Å². The summed E-state index contributed by atoms with van der Waals surface area (Å²) in [5, 5.41) is 7.15. The van der Waals surface area contributed by atoms with Crippen LogP contribution in [0.4, 0.5) is 10.5 Å². The number of hydrogen-bond acceptors (Lipinski definition) is 3. The highest BCUT2D eigenvalue weighted by molar-refractivity contribution is 5.91. The van der Waals surface area contributed by atoms with Gasteiger partial charge < -0.3 is 15.0 Å². The van der Waals surface area contributed by atoms with Crippen molar-refractivity contribution in [3.05, 3.63) is 72.6 Å². The maximum Gasteiger partial charge on any atom is 0.321 e. The van der Waals surface area contributed by atoms with E-state index in [1.165, 1.54) is 0 Å². The maximum atomic E-state index is 12.5. The number of nitrogens with one attached hydrogen (secondary N) is 1. The third kappa shape index (κ3) is 4.22. The largest absolute Gasteiger partial charge is 0.491 e. The minimum Gasteiger partial charge on any atom is -0.491 e. The van der Waals surface area contributed by atoms with Crippen molar-refractivity contribution >= 4 is 11.7 Å². The zero-order valence-corrected chi connectivity index (χ0v) is 14.9. The average Bonchev–Trinajstić information content (AvgIpc) is 3.18. The van der Waals surface area contributed by atoms with Gasteiger partial charge in [-0.15, -0.1) is 0 Å². The quantitative estimate of drug-likeness (QED) is 0.737. The number of nitrogens with zero attached hydrogens (tertiary/aromatic N) is 3. The van der Waals surface area contributed by atoms with Crippen molar-refractivity contribution in [1.29, 1.82) is 0 Å². The van der Waals surface area contributed by atoms with Gasteiger partial charge in [0.25, 0.3) is 0 Å². The van der Waals surface area contributed by atoms with Crippen LogP contribution < -0.4 is 10.1 Å². The molecule has 3 rings (SSSR count). The molecule has 1 aromatic heterocycles. The number of benzene rings is 2. The number of anilines is 1. The first-order valence-electron chi connectivity index (χ1n) is 8.45. The van der Waals surface area contributed by atoms with Crippen molar-refractivity contribution in [2.24, 2.45) is 0 Å². The SMILES string of the molecule is Cc1ccccc1OCCN(C)C(=O)Nc1ccccc1-n1cccn1. The minimum atomic E-state index is -0.196. The minimum absolute atomic E-state index is 0.196. The Kier molecular flexibility index (Phi) is 5.53. The molecule has 6 nitrogen and oxygen atoms in total. The summed E-state index contributed by atoms with van der Waals surface area (Å²) in [6.07, 6.45) is 3.54. The molecule has 134 valence electrons. The second-order valence-electron chi connectivity index (χ2n) is 5.93. The third-order valence-electron chi connectivity index (χ3n) is 4.02. The summed E-state index contributed by atoms with van der Waals surface area (Å²) >= 11 is 0. The highest BCUT2D eigenvalue weighted by atomic mass is 16.5. The molecular formula is C20H22N4O2. The van der Waals surface area contributed by atoms with E-state index >= 15 is 0 Å². The summed E-state index contributed by atoms with van der Waals surface area (Å²) in [5.41, 5.74) is 2.59. The number of carbonyl (C=O) groups is 1. The fourth-order valence-electron chi connectivity index (χ4n) is 2.51. The number of para-hydroxylation sites is 3. The fourth-order valence-corrected chi connectivity index (χ4v) is 2.51. The number of carbonyl (C=O) groups excluding carboxylic acids is 1. The Hall–Kier alpha value is -3.28. The molecule has 0 saturated carbocycles. The molecule has 0 aliphatic heterocycles. The monoisotopic (exact) mass is 350 g/mol. The zero-order valence-electron chi connectivity index (χ0n) is 14.9. The first kappa shape index (κ1) is 17.5. The van der Waals surface area contributed by atoms with Gasteiger partial charge >= 0.3 is 6.03 Å². The Labute approximate surface area is 153 Å². The Morgan fingerprint density at radius 2 is 1.92 bits per heavy atom. The lowest BCUT2D eigenvalue weighted by molar-refractivity contribution is 0.207. The Morgan fingerprint density at radius 1 is 1.15 bits per heavy atom. The predicted molar refractivity (Wildman–Crippen MR) is 102 cm³/mol. The van der Waals surface area contributed by atoms with Gasteiger partial charge in [0, 0.05) is 19.4 Å². The number of urea groups is 1. The van der Waals surface area contributed by atoms with Gasteiger partial charge in [-0.2, -0.15) is 5.10 Å². The highest BCUT2D eigenvalue weighted by Gasteiger charge is 2.12.